The molecule has 0 radical (unpaired) electrons. The Morgan fingerprint density at radius 3 is 2.70 bits per heavy atom. The summed E-state index contributed by atoms with van der Waals surface area (Å²) < 4.78 is 27.3. The molecule has 2 aliphatic rings. The molecule has 0 saturated carbocycles. The van der Waals surface area contributed by atoms with Crippen LogP contribution in [0.4, 0.5) is 5.69 Å². The second-order valence-corrected chi connectivity index (χ2v) is 7.77. The number of fused-ring (bicyclic) bond motifs is 1. The standard InChI is InChI=1S/C15H21N3O3S.ClH/c1-11-10-16-6-8-18(11)22(20,21)14-4-3-13-5-7-17(12(2)19)15(13)9-14;/h3-4,9,11,16H,5-8,10H2,1-2H3;1H/t11-;/m0./s1. The van der Waals surface area contributed by atoms with E-state index in [-0.39, 0.29) is 29.3 Å². The fraction of sp³-hybridized carbons (Fsp3) is 0.533. The fourth-order valence-corrected chi connectivity index (χ4v) is 4.81. The number of hydrogen-bond acceptors (Lipinski definition) is 4. The minimum absolute atomic E-state index is 0. The molecule has 1 fully saturated rings. The van der Waals surface area contributed by atoms with Gasteiger partial charge in [-0.3, -0.25) is 4.79 Å². The third-order valence-corrected chi connectivity index (χ3v) is 6.39. The Balaban J connectivity index is 0.00000192. The zero-order valence-electron chi connectivity index (χ0n) is 13.3. The van der Waals surface area contributed by atoms with Crippen LogP contribution in [0.2, 0.25) is 0 Å². The van der Waals surface area contributed by atoms with Gasteiger partial charge < -0.3 is 10.2 Å². The van der Waals surface area contributed by atoms with Gasteiger partial charge in [0.05, 0.1) is 4.90 Å². The predicted octanol–water partition coefficient (Wildman–Crippen LogP) is 1.000. The lowest BCUT2D eigenvalue weighted by Crippen LogP contribution is -2.52. The highest BCUT2D eigenvalue weighted by Crippen LogP contribution is 2.32. The highest BCUT2D eigenvalue weighted by Gasteiger charge is 2.32. The lowest BCUT2D eigenvalue weighted by molar-refractivity contribution is -0.116. The first-order valence-electron chi connectivity index (χ1n) is 7.55. The van der Waals surface area contributed by atoms with Gasteiger partial charge in [0.1, 0.15) is 0 Å². The van der Waals surface area contributed by atoms with Gasteiger partial charge in [0.2, 0.25) is 15.9 Å². The van der Waals surface area contributed by atoms with E-state index in [1.54, 1.807) is 17.0 Å². The quantitative estimate of drug-likeness (QED) is 0.855. The van der Waals surface area contributed by atoms with Crippen LogP contribution in [0.1, 0.15) is 19.4 Å². The smallest absolute Gasteiger partial charge is 0.243 e. The van der Waals surface area contributed by atoms with Gasteiger partial charge in [0, 0.05) is 44.8 Å². The molecule has 0 aromatic heterocycles. The minimum atomic E-state index is -3.53. The molecule has 1 amide bonds. The van der Waals surface area contributed by atoms with E-state index in [2.05, 4.69) is 5.32 Å². The Hall–Kier alpha value is -1.15. The largest absolute Gasteiger partial charge is 0.314 e. The van der Waals surface area contributed by atoms with Crippen molar-refractivity contribution in [2.45, 2.75) is 31.2 Å². The molecule has 3 rings (SSSR count). The van der Waals surface area contributed by atoms with Gasteiger partial charge in [-0.05, 0) is 31.0 Å². The van der Waals surface area contributed by atoms with Crippen LogP contribution in [0.15, 0.2) is 23.1 Å². The van der Waals surface area contributed by atoms with E-state index in [4.69, 9.17) is 0 Å². The van der Waals surface area contributed by atoms with Crippen molar-refractivity contribution in [2.75, 3.05) is 31.1 Å². The number of nitrogens with one attached hydrogen (secondary N) is 1. The molecular formula is C15H22ClN3O3S. The van der Waals surface area contributed by atoms with Crippen molar-refractivity contribution in [2.24, 2.45) is 0 Å². The number of rotatable bonds is 2. The molecule has 0 aliphatic carbocycles. The molecule has 0 bridgehead atoms. The lowest BCUT2D eigenvalue weighted by atomic mass is 10.2. The summed E-state index contributed by atoms with van der Waals surface area (Å²) in [5.41, 5.74) is 1.76. The maximum absolute atomic E-state index is 12.9. The normalized spacial score (nSPS) is 21.7. The fourth-order valence-electron chi connectivity index (χ4n) is 3.16. The highest BCUT2D eigenvalue weighted by molar-refractivity contribution is 7.89. The highest BCUT2D eigenvalue weighted by atomic mass is 35.5. The number of amides is 1. The summed E-state index contributed by atoms with van der Waals surface area (Å²) in [5.74, 6) is -0.0520. The first-order valence-corrected chi connectivity index (χ1v) is 8.99. The third-order valence-electron chi connectivity index (χ3n) is 4.38. The van der Waals surface area contributed by atoms with Crippen LogP contribution in [0.25, 0.3) is 0 Å². The number of carbonyl (C=O) groups excluding carboxylic acids is 1. The van der Waals surface area contributed by atoms with Crippen molar-refractivity contribution >= 4 is 34.0 Å². The molecule has 0 spiro atoms. The van der Waals surface area contributed by atoms with Crippen LogP contribution >= 0.6 is 12.4 Å². The summed E-state index contributed by atoms with van der Waals surface area (Å²) in [6.45, 7) is 5.82. The van der Waals surface area contributed by atoms with Crippen LogP contribution in [0, 0.1) is 0 Å². The summed E-state index contributed by atoms with van der Waals surface area (Å²) in [5, 5.41) is 3.19. The molecule has 23 heavy (non-hydrogen) atoms. The summed E-state index contributed by atoms with van der Waals surface area (Å²) in [6.07, 6.45) is 0.777. The number of anilines is 1. The van der Waals surface area contributed by atoms with Gasteiger partial charge in [0.25, 0.3) is 0 Å². The Kier molecular flexibility index (Phi) is 5.35. The molecule has 128 valence electrons. The number of benzene rings is 1. The van der Waals surface area contributed by atoms with Crippen LogP contribution in [-0.2, 0) is 21.2 Å². The Morgan fingerprint density at radius 1 is 1.30 bits per heavy atom. The second-order valence-electron chi connectivity index (χ2n) is 5.88. The number of carbonyl (C=O) groups is 1. The van der Waals surface area contributed by atoms with Gasteiger partial charge in [-0.25, -0.2) is 8.42 Å². The molecule has 1 atom stereocenters. The number of halogens is 1. The van der Waals surface area contributed by atoms with E-state index in [0.717, 1.165) is 17.7 Å². The maximum Gasteiger partial charge on any atom is 0.243 e. The van der Waals surface area contributed by atoms with Crippen molar-refractivity contribution in [3.63, 3.8) is 0 Å². The molecule has 1 aromatic carbocycles. The molecule has 1 aromatic rings. The van der Waals surface area contributed by atoms with Crippen LogP contribution in [-0.4, -0.2) is 50.9 Å². The molecule has 8 heteroatoms. The van der Waals surface area contributed by atoms with Gasteiger partial charge in [-0.1, -0.05) is 6.07 Å². The summed E-state index contributed by atoms with van der Waals surface area (Å²) in [6, 6.07) is 5.06. The van der Waals surface area contributed by atoms with Gasteiger partial charge in [0.15, 0.2) is 0 Å². The molecule has 1 saturated heterocycles. The number of piperazine rings is 1. The van der Waals surface area contributed by atoms with E-state index in [9.17, 15) is 13.2 Å². The Labute approximate surface area is 143 Å². The second kappa shape index (κ2) is 6.76. The Bertz CT molecular complexity index is 708. The van der Waals surface area contributed by atoms with Gasteiger partial charge in [-0.15, -0.1) is 12.4 Å². The SMILES string of the molecule is CC(=O)N1CCc2ccc(S(=O)(=O)N3CCNC[C@@H]3C)cc21.Cl. The summed E-state index contributed by atoms with van der Waals surface area (Å²) >= 11 is 0. The molecule has 2 heterocycles. The predicted molar refractivity (Wildman–Crippen MR) is 91.6 cm³/mol. The van der Waals surface area contributed by atoms with Crippen molar-refractivity contribution in [1.82, 2.24) is 9.62 Å². The molecule has 6 nitrogen and oxygen atoms in total. The minimum Gasteiger partial charge on any atom is -0.314 e. The molecule has 0 unspecified atom stereocenters. The molecule has 2 aliphatic heterocycles. The Morgan fingerprint density at radius 2 is 2.04 bits per heavy atom. The van der Waals surface area contributed by atoms with Crippen LogP contribution in [0.3, 0.4) is 0 Å². The van der Waals surface area contributed by atoms with Gasteiger partial charge >= 0.3 is 0 Å². The lowest BCUT2D eigenvalue weighted by Gasteiger charge is -2.33. The zero-order chi connectivity index (χ0) is 15.9. The number of hydrogen-bond donors (Lipinski definition) is 1. The van der Waals surface area contributed by atoms with Crippen molar-refractivity contribution in [3.8, 4) is 0 Å². The topological polar surface area (TPSA) is 69.7 Å². The molecular weight excluding hydrogens is 338 g/mol. The van der Waals surface area contributed by atoms with E-state index in [1.165, 1.54) is 11.2 Å². The van der Waals surface area contributed by atoms with E-state index in [0.29, 0.717) is 26.2 Å². The summed E-state index contributed by atoms with van der Waals surface area (Å²) in [4.78, 5) is 13.6. The van der Waals surface area contributed by atoms with E-state index in [1.807, 2.05) is 13.0 Å². The average Bonchev–Trinajstić information content (AvgIpc) is 2.90. The third kappa shape index (κ3) is 3.24. The first-order chi connectivity index (χ1) is 10.4. The maximum atomic E-state index is 12.9. The van der Waals surface area contributed by atoms with Crippen LogP contribution in [0.5, 0.6) is 0 Å². The van der Waals surface area contributed by atoms with Crippen molar-refractivity contribution in [1.29, 1.82) is 0 Å². The average molecular weight is 360 g/mol. The summed E-state index contributed by atoms with van der Waals surface area (Å²) in [7, 11) is -3.53. The van der Waals surface area contributed by atoms with Gasteiger partial charge in [-0.2, -0.15) is 4.31 Å². The number of nitrogens with zero attached hydrogens (tertiary/aromatic N) is 2. The van der Waals surface area contributed by atoms with Crippen molar-refractivity contribution in [3.05, 3.63) is 23.8 Å². The van der Waals surface area contributed by atoms with E-state index >= 15 is 0 Å². The van der Waals surface area contributed by atoms with E-state index < -0.39 is 10.0 Å². The monoisotopic (exact) mass is 359 g/mol. The zero-order valence-corrected chi connectivity index (χ0v) is 14.9. The van der Waals surface area contributed by atoms with Crippen LogP contribution < -0.4 is 10.2 Å². The molecule has 1 N–H and O–H groups in total. The first kappa shape index (κ1) is 18.2. The number of sulfonamides is 1. The van der Waals surface area contributed by atoms with Crippen molar-refractivity contribution < 1.29 is 13.2 Å².